The van der Waals surface area contributed by atoms with E-state index in [4.69, 9.17) is 26.8 Å². The number of methoxy groups -OCH3 is 1. The van der Waals surface area contributed by atoms with Crippen molar-refractivity contribution in [2.45, 2.75) is 43.4 Å². The lowest BCUT2D eigenvalue weighted by molar-refractivity contribution is -0.142. The van der Waals surface area contributed by atoms with Gasteiger partial charge in [-0.3, -0.25) is 14.2 Å². The molecule has 4 rings (SSSR count). The fraction of sp³-hybridized carbons (Fsp3) is 0.333. The Morgan fingerprint density at radius 1 is 1.19 bits per heavy atom. The maximum atomic E-state index is 16.4. The first-order chi connectivity index (χ1) is 22.5. The first kappa shape index (κ1) is 34.6. The number of nitrogens with one attached hydrogen (secondary N) is 1. The van der Waals surface area contributed by atoms with E-state index in [2.05, 4.69) is 25.1 Å². The summed E-state index contributed by atoms with van der Waals surface area (Å²) in [6, 6.07) is 14.0. The first-order valence-corrected chi connectivity index (χ1v) is 14.5. The minimum atomic E-state index is -2.20. The van der Waals surface area contributed by atoms with Gasteiger partial charge in [-0.2, -0.15) is 4.98 Å². The standard InChI is InChI=1S/C30H29ClFN7O8/c1-45-28(43)21(15-23(33)41)35-24-12-13-39(29(44)36-24)26-25(32)20(10-11-22(40)17-6-3-2-4-7-17)30(47-26,37-38-34)16-46-27(42)18-8-5-9-19(31)14-18/h2-9,12-14,20-21,25-26H,10-11,15-16H2,1H3,(H2,33,41)(H,35,36,44)/t20?,21-,25-,26?,30+/m0/s1. The van der Waals surface area contributed by atoms with E-state index in [0.717, 1.165) is 17.9 Å². The van der Waals surface area contributed by atoms with Crippen LogP contribution in [0.3, 0.4) is 0 Å². The van der Waals surface area contributed by atoms with Gasteiger partial charge in [0, 0.05) is 34.0 Å². The highest BCUT2D eigenvalue weighted by molar-refractivity contribution is 6.30. The number of hydrogen-bond acceptors (Lipinski definition) is 11. The van der Waals surface area contributed by atoms with Crippen molar-refractivity contribution in [2.24, 2.45) is 16.8 Å². The molecule has 1 aliphatic rings. The molecule has 0 bridgehead atoms. The Hall–Kier alpha value is -5.31. The molecular formula is C30H29ClFN7O8. The minimum Gasteiger partial charge on any atom is -0.467 e. The van der Waals surface area contributed by atoms with Crippen molar-refractivity contribution >= 4 is 41.0 Å². The Labute approximate surface area is 271 Å². The average molecular weight is 670 g/mol. The summed E-state index contributed by atoms with van der Waals surface area (Å²) >= 11 is 5.98. The number of azide groups is 1. The summed E-state index contributed by atoms with van der Waals surface area (Å²) in [6.45, 7) is -0.779. The summed E-state index contributed by atoms with van der Waals surface area (Å²) in [4.78, 5) is 69.0. The van der Waals surface area contributed by atoms with Crippen molar-refractivity contribution in [3.63, 3.8) is 0 Å². The number of rotatable bonds is 14. The second kappa shape index (κ2) is 15.3. The summed E-state index contributed by atoms with van der Waals surface area (Å²) in [7, 11) is 1.09. The fourth-order valence-electron chi connectivity index (χ4n) is 5.07. The second-order valence-corrected chi connectivity index (χ2v) is 10.8. The molecule has 2 unspecified atom stereocenters. The van der Waals surface area contributed by atoms with E-state index in [1.54, 1.807) is 30.3 Å². The van der Waals surface area contributed by atoms with Crippen LogP contribution >= 0.6 is 11.6 Å². The average Bonchev–Trinajstić information content (AvgIpc) is 3.32. The number of Topliss-reactive ketones (excluding diaryl/α,β-unsaturated/α-hetero) is 1. The summed E-state index contributed by atoms with van der Waals surface area (Å²) in [5.41, 5.74) is 11.9. The van der Waals surface area contributed by atoms with Crippen LogP contribution in [-0.4, -0.2) is 64.8 Å². The lowest BCUT2D eigenvalue weighted by Gasteiger charge is -2.29. The number of halogens is 2. The quantitative estimate of drug-likeness (QED) is 0.0833. The van der Waals surface area contributed by atoms with Gasteiger partial charge in [0.05, 0.1) is 19.1 Å². The van der Waals surface area contributed by atoms with Crippen LogP contribution in [0.25, 0.3) is 10.4 Å². The van der Waals surface area contributed by atoms with Gasteiger partial charge in [0.1, 0.15) is 18.5 Å². The van der Waals surface area contributed by atoms with Crippen LogP contribution in [0.2, 0.25) is 5.02 Å². The van der Waals surface area contributed by atoms with E-state index in [0.29, 0.717) is 5.56 Å². The molecule has 3 aromatic rings. The molecule has 1 saturated heterocycles. The van der Waals surface area contributed by atoms with Gasteiger partial charge in [0.2, 0.25) is 5.91 Å². The third-order valence-electron chi connectivity index (χ3n) is 7.34. The number of anilines is 1. The molecule has 246 valence electrons. The van der Waals surface area contributed by atoms with Crippen LogP contribution in [0.4, 0.5) is 10.2 Å². The molecule has 1 fully saturated rings. The van der Waals surface area contributed by atoms with Crippen LogP contribution in [0, 0.1) is 5.92 Å². The molecule has 3 N–H and O–H groups in total. The molecule has 5 atom stereocenters. The van der Waals surface area contributed by atoms with Crippen LogP contribution < -0.4 is 16.7 Å². The SMILES string of the molecule is COC(=O)[C@H](CC(N)=O)Nc1ccn(C2O[C@@](COC(=O)c3cccc(Cl)c3)(N=[N+]=[N-])C(CCC(=O)c3ccccc3)[C@@H]2F)c(=O)n1. The number of aromatic nitrogens is 2. The number of benzene rings is 2. The first-order valence-electron chi connectivity index (χ1n) is 14.1. The summed E-state index contributed by atoms with van der Waals surface area (Å²) in [5.74, 6) is -4.45. The molecular weight excluding hydrogens is 641 g/mol. The largest absolute Gasteiger partial charge is 0.467 e. The number of alkyl halides is 1. The smallest absolute Gasteiger partial charge is 0.351 e. The number of hydrogen-bond donors (Lipinski definition) is 2. The molecule has 0 aliphatic carbocycles. The van der Waals surface area contributed by atoms with Crippen molar-refractivity contribution in [3.8, 4) is 0 Å². The number of primary amides is 1. The van der Waals surface area contributed by atoms with Gasteiger partial charge in [0.15, 0.2) is 23.9 Å². The predicted molar refractivity (Wildman–Crippen MR) is 164 cm³/mol. The fourth-order valence-corrected chi connectivity index (χ4v) is 5.26. The lowest BCUT2D eigenvalue weighted by atomic mass is 9.87. The normalized spacial score (nSPS) is 20.8. The van der Waals surface area contributed by atoms with Gasteiger partial charge in [-0.15, -0.1) is 0 Å². The Kier molecular flexibility index (Phi) is 11.3. The zero-order valence-corrected chi connectivity index (χ0v) is 25.6. The molecule has 0 saturated carbocycles. The Morgan fingerprint density at radius 3 is 2.55 bits per heavy atom. The third-order valence-corrected chi connectivity index (χ3v) is 7.58. The number of nitrogens with zero attached hydrogens (tertiary/aromatic N) is 5. The van der Waals surface area contributed by atoms with Crippen LogP contribution in [0.5, 0.6) is 0 Å². The minimum absolute atomic E-state index is 0.0563. The summed E-state index contributed by atoms with van der Waals surface area (Å²) in [6.07, 6.45) is -3.63. The number of carbonyl (C=O) groups excluding carboxylic acids is 4. The monoisotopic (exact) mass is 669 g/mol. The second-order valence-electron chi connectivity index (χ2n) is 10.4. The summed E-state index contributed by atoms with van der Waals surface area (Å²) in [5, 5.41) is 6.52. The van der Waals surface area contributed by atoms with Gasteiger partial charge in [-0.1, -0.05) is 53.1 Å². The van der Waals surface area contributed by atoms with E-state index < -0.39 is 66.6 Å². The van der Waals surface area contributed by atoms with E-state index in [9.17, 15) is 29.5 Å². The van der Waals surface area contributed by atoms with Crippen molar-refractivity contribution in [1.82, 2.24) is 9.55 Å². The van der Waals surface area contributed by atoms with Crippen molar-refractivity contribution in [2.75, 3.05) is 19.0 Å². The van der Waals surface area contributed by atoms with Crippen LogP contribution in [0.15, 0.2) is 76.8 Å². The van der Waals surface area contributed by atoms with E-state index in [-0.39, 0.29) is 35.0 Å². The highest BCUT2D eigenvalue weighted by Gasteiger charge is 2.57. The highest BCUT2D eigenvalue weighted by atomic mass is 35.5. The Morgan fingerprint density at radius 2 is 1.91 bits per heavy atom. The van der Waals surface area contributed by atoms with Gasteiger partial charge in [-0.25, -0.2) is 18.8 Å². The molecule has 1 aromatic heterocycles. The van der Waals surface area contributed by atoms with E-state index in [1.807, 2.05) is 0 Å². The van der Waals surface area contributed by atoms with E-state index >= 15 is 4.39 Å². The highest BCUT2D eigenvalue weighted by Crippen LogP contribution is 2.47. The van der Waals surface area contributed by atoms with Gasteiger partial charge < -0.3 is 25.3 Å². The van der Waals surface area contributed by atoms with Crippen molar-refractivity contribution < 1.29 is 37.8 Å². The molecule has 1 amide bonds. The molecule has 2 heterocycles. The zero-order chi connectivity index (χ0) is 34.1. The third kappa shape index (κ3) is 8.30. The number of ether oxygens (including phenoxy) is 3. The predicted octanol–water partition coefficient (Wildman–Crippen LogP) is 3.74. The molecule has 17 heteroatoms. The Bertz CT molecular complexity index is 1750. The van der Waals surface area contributed by atoms with Crippen LogP contribution in [0.1, 0.15) is 46.2 Å². The molecule has 1 aliphatic heterocycles. The molecule has 2 aromatic carbocycles. The number of carbonyl (C=O) groups is 4. The number of esters is 2. The molecule has 47 heavy (non-hydrogen) atoms. The lowest BCUT2D eigenvalue weighted by Crippen LogP contribution is -2.41. The summed E-state index contributed by atoms with van der Waals surface area (Å²) < 4.78 is 33.1. The molecule has 0 spiro atoms. The number of nitrogens with two attached hydrogens (primary N) is 1. The van der Waals surface area contributed by atoms with E-state index in [1.165, 1.54) is 30.3 Å². The zero-order valence-electron chi connectivity index (χ0n) is 24.8. The van der Waals surface area contributed by atoms with Crippen LogP contribution in [-0.2, 0) is 23.8 Å². The number of ketones is 1. The Balaban J connectivity index is 1.65. The maximum Gasteiger partial charge on any atom is 0.351 e. The van der Waals surface area contributed by atoms with Gasteiger partial charge >= 0.3 is 17.6 Å². The van der Waals surface area contributed by atoms with Crippen molar-refractivity contribution in [3.05, 3.63) is 104 Å². The number of amides is 1. The molecule has 15 nitrogen and oxygen atoms in total. The van der Waals surface area contributed by atoms with Crippen molar-refractivity contribution in [1.29, 1.82) is 0 Å². The van der Waals surface area contributed by atoms with Gasteiger partial charge in [0.25, 0.3) is 0 Å². The maximum absolute atomic E-state index is 16.4. The van der Waals surface area contributed by atoms with Gasteiger partial charge in [-0.05, 0) is 36.2 Å². The topological polar surface area (TPSA) is 218 Å². The molecule has 0 radical (unpaired) electrons.